The predicted molar refractivity (Wildman–Crippen MR) is 129 cm³/mol. The summed E-state index contributed by atoms with van der Waals surface area (Å²) in [5.74, 6) is 2.25. The predicted octanol–water partition coefficient (Wildman–Crippen LogP) is 8.52. The molecule has 0 bridgehead atoms. The fraction of sp³-hybridized carbons (Fsp3) is 0.778. The molecule has 0 saturated heterocycles. The van der Waals surface area contributed by atoms with Crippen LogP contribution in [0.25, 0.3) is 0 Å². The third kappa shape index (κ3) is 11.1. The smallest absolute Gasteiger partial charge is 0.203 e. The highest BCUT2D eigenvalue weighted by Gasteiger charge is 2.15. The molecule has 0 fully saturated rings. The molecule has 0 aliphatic rings. The number of ether oxygens (including phenoxy) is 3. The average Bonchev–Trinajstić information content (AvgIpc) is 2.78. The lowest BCUT2D eigenvalue weighted by Crippen LogP contribution is -1.99. The molecule has 0 amide bonds. The molecule has 1 aromatic rings. The van der Waals surface area contributed by atoms with E-state index in [2.05, 4.69) is 13.0 Å². The van der Waals surface area contributed by atoms with Gasteiger partial charge in [-0.3, -0.25) is 0 Å². The van der Waals surface area contributed by atoms with Crippen molar-refractivity contribution in [3.05, 3.63) is 17.7 Å². The minimum absolute atomic E-state index is 0.703. The summed E-state index contributed by atoms with van der Waals surface area (Å²) < 4.78 is 16.4. The van der Waals surface area contributed by atoms with Gasteiger partial charge in [-0.05, 0) is 24.5 Å². The number of unbranched alkanes of at least 4 members (excludes halogenated alkanes) is 15. The molecule has 30 heavy (non-hydrogen) atoms. The second kappa shape index (κ2) is 18.4. The largest absolute Gasteiger partial charge is 0.493 e. The van der Waals surface area contributed by atoms with Crippen LogP contribution in [0.4, 0.5) is 0 Å². The van der Waals surface area contributed by atoms with Crippen molar-refractivity contribution in [2.45, 2.75) is 116 Å². The molecule has 0 spiro atoms. The zero-order chi connectivity index (χ0) is 21.9. The normalized spacial score (nSPS) is 10.9. The first kappa shape index (κ1) is 26.7. The van der Waals surface area contributed by atoms with Gasteiger partial charge in [-0.15, -0.1) is 0 Å². The number of hydrogen-bond acceptors (Lipinski definition) is 3. The van der Waals surface area contributed by atoms with E-state index in [0.29, 0.717) is 5.75 Å². The van der Waals surface area contributed by atoms with Crippen LogP contribution in [-0.2, 0) is 6.42 Å². The molecule has 0 heterocycles. The average molecular weight is 421 g/mol. The van der Waals surface area contributed by atoms with E-state index >= 15 is 0 Å². The Hall–Kier alpha value is -1.38. The summed E-state index contributed by atoms with van der Waals surface area (Å²) >= 11 is 0. The molecule has 1 aromatic carbocycles. The van der Waals surface area contributed by atoms with Gasteiger partial charge in [0.25, 0.3) is 0 Å². The highest BCUT2D eigenvalue weighted by molar-refractivity contribution is 5.55. The van der Waals surface area contributed by atoms with E-state index in [0.717, 1.165) is 17.9 Å². The maximum atomic E-state index is 5.58. The molecular weight excluding hydrogens is 372 g/mol. The van der Waals surface area contributed by atoms with Gasteiger partial charge in [0.15, 0.2) is 11.5 Å². The summed E-state index contributed by atoms with van der Waals surface area (Å²) in [5.41, 5.74) is 1.21. The maximum absolute atomic E-state index is 5.58. The number of aryl methyl sites for hydroxylation is 1. The number of rotatable bonds is 20. The van der Waals surface area contributed by atoms with Crippen LogP contribution in [-0.4, -0.2) is 21.3 Å². The number of benzene rings is 1. The first-order chi connectivity index (χ1) is 14.8. The quantitative estimate of drug-likeness (QED) is 0.198. The summed E-state index contributed by atoms with van der Waals surface area (Å²) in [6, 6.07) is 4.08. The summed E-state index contributed by atoms with van der Waals surface area (Å²) in [4.78, 5) is 0. The summed E-state index contributed by atoms with van der Waals surface area (Å²) in [6.07, 6.45) is 23.4. The number of methoxy groups -OCH3 is 3. The van der Waals surface area contributed by atoms with Crippen molar-refractivity contribution in [1.82, 2.24) is 0 Å². The van der Waals surface area contributed by atoms with Crippen LogP contribution in [0.15, 0.2) is 12.1 Å². The summed E-state index contributed by atoms with van der Waals surface area (Å²) in [5, 5.41) is 0. The zero-order valence-corrected chi connectivity index (χ0v) is 20.4. The molecule has 174 valence electrons. The van der Waals surface area contributed by atoms with Crippen LogP contribution in [0, 0.1) is 0 Å². The first-order valence-corrected chi connectivity index (χ1v) is 12.6. The minimum Gasteiger partial charge on any atom is -0.493 e. The second-order valence-corrected chi connectivity index (χ2v) is 8.55. The Morgan fingerprint density at radius 1 is 0.500 bits per heavy atom. The Morgan fingerprint density at radius 3 is 1.33 bits per heavy atom. The van der Waals surface area contributed by atoms with Crippen molar-refractivity contribution in [1.29, 1.82) is 0 Å². The summed E-state index contributed by atoms with van der Waals surface area (Å²) in [6.45, 7) is 2.29. The van der Waals surface area contributed by atoms with Gasteiger partial charge in [0.05, 0.1) is 21.3 Å². The van der Waals surface area contributed by atoms with Gasteiger partial charge in [-0.25, -0.2) is 0 Å². The fourth-order valence-electron chi connectivity index (χ4n) is 4.22. The lowest BCUT2D eigenvalue weighted by molar-refractivity contribution is 0.322. The lowest BCUT2D eigenvalue weighted by atomic mass is 10.0. The van der Waals surface area contributed by atoms with Crippen LogP contribution in [0.5, 0.6) is 17.2 Å². The van der Waals surface area contributed by atoms with E-state index in [9.17, 15) is 0 Å². The van der Waals surface area contributed by atoms with Crippen molar-refractivity contribution < 1.29 is 14.2 Å². The third-order valence-electron chi connectivity index (χ3n) is 6.09. The molecular formula is C27H48O3. The van der Waals surface area contributed by atoms with E-state index < -0.39 is 0 Å². The topological polar surface area (TPSA) is 27.7 Å². The number of hydrogen-bond donors (Lipinski definition) is 0. The highest BCUT2D eigenvalue weighted by Crippen LogP contribution is 2.40. The molecule has 0 radical (unpaired) electrons. The van der Waals surface area contributed by atoms with Crippen LogP contribution in [0.3, 0.4) is 0 Å². The second-order valence-electron chi connectivity index (χ2n) is 8.55. The van der Waals surface area contributed by atoms with Crippen molar-refractivity contribution in [3.63, 3.8) is 0 Å². The van der Waals surface area contributed by atoms with E-state index in [1.165, 1.54) is 108 Å². The van der Waals surface area contributed by atoms with Crippen LogP contribution in [0.2, 0.25) is 0 Å². The van der Waals surface area contributed by atoms with Crippen molar-refractivity contribution in [3.8, 4) is 17.2 Å². The van der Waals surface area contributed by atoms with Gasteiger partial charge in [0.2, 0.25) is 5.75 Å². The Balaban J connectivity index is 2.00. The fourth-order valence-corrected chi connectivity index (χ4v) is 4.22. The molecule has 3 nitrogen and oxygen atoms in total. The van der Waals surface area contributed by atoms with Crippen molar-refractivity contribution >= 4 is 0 Å². The molecule has 0 atom stereocenters. The SMILES string of the molecule is CCCCCCCCCCCCCCCCCCc1ccc(OC)c(OC)c1OC. The van der Waals surface area contributed by atoms with Gasteiger partial charge >= 0.3 is 0 Å². The molecule has 0 saturated carbocycles. The molecule has 0 unspecified atom stereocenters. The van der Waals surface area contributed by atoms with Gasteiger partial charge in [-0.2, -0.15) is 0 Å². The van der Waals surface area contributed by atoms with E-state index in [1.54, 1.807) is 21.3 Å². The highest BCUT2D eigenvalue weighted by atomic mass is 16.5. The molecule has 0 N–H and O–H groups in total. The minimum atomic E-state index is 0.703. The van der Waals surface area contributed by atoms with Gasteiger partial charge in [-0.1, -0.05) is 109 Å². The Kier molecular flexibility index (Phi) is 16.3. The Morgan fingerprint density at radius 2 is 0.933 bits per heavy atom. The Bertz CT molecular complexity index is 527. The zero-order valence-electron chi connectivity index (χ0n) is 20.4. The molecule has 0 aliphatic carbocycles. The standard InChI is InChI=1S/C27H48O3/c1-5-6-7-8-9-10-11-12-13-14-15-16-17-18-19-20-21-24-22-23-25(28-2)27(30-4)26(24)29-3/h22-23H,5-21H2,1-4H3. The third-order valence-corrected chi connectivity index (χ3v) is 6.09. The van der Waals surface area contributed by atoms with E-state index in [1.807, 2.05) is 6.07 Å². The molecule has 3 heteroatoms. The van der Waals surface area contributed by atoms with E-state index in [-0.39, 0.29) is 0 Å². The Labute approximate surface area is 186 Å². The molecule has 0 aromatic heterocycles. The van der Waals surface area contributed by atoms with E-state index in [4.69, 9.17) is 14.2 Å². The van der Waals surface area contributed by atoms with Crippen molar-refractivity contribution in [2.24, 2.45) is 0 Å². The molecule has 0 aliphatic heterocycles. The van der Waals surface area contributed by atoms with Crippen molar-refractivity contribution in [2.75, 3.05) is 21.3 Å². The molecule has 1 rings (SSSR count). The van der Waals surface area contributed by atoms with Gasteiger partial charge < -0.3 is 14.2 Å². The monoisotopic (exact) mass is 420 g/mol. The first-order valence-electron chi connectivity index (χ1n) is 12.6. The van der Waals surface area contributed by atoms with Gasteiger partial charge in [0, 0.05) is 0 Å². The maximum Gasteiger partial charge on any atom is 0.203 e. The van der Waals surface area contributed by atoms with Crippen LogP contribution in [0.1, 0.15) is 115 Å². The summed E-state index contributed by atoms with van der Waals surface area (Å²) in [7, 11) is 5.03. The lowest BCUT2D eigenvalue weighted by Gasteiger charge is -2.15. The van der Waals surface area contributed by atoms with Crippen LogP contribution >= 0.6 is 0 Å². The van der Waals surface area contributed by atoms with Crippen LogP contribution < -0.4 is 14.2 Å². The van der Waals surface area contributed by atoms with Gasteiger partial charge in [0.1, 0.15) is 0 Å².